The van der Waals surface area contributed by atoms with Crippen LogP contribution in [0.2, 0.25) is 0 Å². The van der Waals surface area contributed by atoms with E-state index < -0.39 is 0 Å². The molecule has 0 radical (unpaired) electrons. The lowest BCUT2D eigenvalue weighted by molar-refractivity contribution is 0.303. The van der Waals surface area contributed by atoms with Crippen molar-refractivity contribution in [3.63, 3.8) is 0 Å². The van der Waals surface area contributed by atoms with E-state index in [4.69, 9.17) is 4.52 Å². The van der Waals surface area contributed by atoms with Crippen molar-refractivity contribution in [3.05, 3.63) is 60.0 Å². The molecule has 0 spiro atoms. The number of hydrogen-bond donors (Lipinski definition) is 4. The molecule has 10 heteroatoms. The third kappa shape index (κ3) is 6.85. The van der Waals surface area contributed by atoms with Gasteiger partial charge in [0.25, 0.3) is 0 Å². The molecule has 1 aliphatic carbocycles. The van der Waals surface area contributed by atoms with Crippen LogP contribution in [0.25, 0.3) is 11.3 Å². The number of rotatable bonds is 14. The van der Waals surface area contributed by atoms with Crippen molar-refractivity contribution in [2.75, 3.05) is 42.1 Å². The van der Waals surface area contributed by atoms with E-state index in [0.717, 1.165) is 55.5 Å². The SMILES string of the molecule is CCN(CC)CCCNc1cc(Nc2cc(C3CC3)[nH]n2)nc(NCc2cc(-c3ccccc3)no2)n1. The first-order valence-corrected chi connectivity index (χ1v) is 13.1. The van der Waals surface area contributed by atoms with Crippen LogP contribution < -0.4 is 16.0 Å². The van der Waals surface area contributed by atoms with Gasteiger partial charge in [-0.2, -0.15) is 15.1 Å². The zero-order valence-corrected chi connectivity index (χ0v) is 21.5. The highest BCUT2D eigenvalue weighted by Gasteiger charge is 2.25. The minimum atomic E-state index is 0.416. The van der Waals surface area contributed by atoms with Crippen molar-refractivity contribution in [1.29, 1.82) is 0 Å². The number of nitrogens with zero attached hydrogens (tertiary/aromatic N) is 5. The molecule has 0 bridgehead atoms. The van der Waals surface area contributed by atoms with Gasteiger partial charge < -0.3 is 25.4 Å². The molecule has 1 saturated carbocycles. The lowest BCUT2D eigenvalue weighted by atomic mass is 10.1. The Labute approximate surface area is 217 Å². The average Bonchev–Trinajstić information content (AvgIpc) is 3.48. The van der Waals surface area contributed by atoms with Crippen LogP contribution in [-0.2, 0) is 6.54 Å². The molecule has 1 aliphatic rings. The highest BCUT2D eigenvalue weighted by Crippen LogP contribution is 2.39. The molecule has 1 fully saturated rings. The number of benzene rings is 1. The Morgan fingerprint density at radius 2 is 1.78 bits per heavy atom. The van der Waals surface area contributed by atoms with Gasteiger partial charge in [-0.1, -0.05) is 49.3 Å². The van der Waals surface area contributed by atoms with Gasteiger partial charge in [-0.25, -0.2) is 0 Å². The lowest BCUT2D eigenvalue weighted by Crippen LogP contribution is -2.25. The van der Waals surface area contributed by atoms with Gasteiger partial charge in [0.15, 0.2) is 11.6 Å². The van der Waals surface area contributed by atoms with Crippen LogP contribution >= 0.6 is 0 Å². The fourth-order valence-corrected chi connectivity index (χ4v) is 4.18. The molecule has 3 aromatic heterocycles. The predicted octanol–water partition coefficient (Wildman–Crippen LogP) is 5.23. The molecule has 194 valence electrons. The van der Waals surface area contributed by atoms with E-state index in [1.165, 1.54) is 18.5 Å². The van der Waals surface area contributed by atoms with Crippen molar-refractivity contribution in [1.82, 2.24) is 30.2 Å². The van der Waals surface area contributed by atoms with Crippen LogP contribution in [0.3, 0.4) is 0 Å². The summed E-state index contributed by atoms with van der Waals surface area (Å²) in [6.45, 7) is 8.80. The van der Waals surface area contributed by atoms with Gasteiger partial charge in [0.2, 0.25) is 5.95 Å². The molecule has 3 heterocycles. The average molecular weight is 502 g/mol. The number of H-pyrrole nitrogens is 1. The minimum absolute atomic E-state index is 0.416. The number of anilines is 4. The summed E-state index contributed by atoms with van der Waals surface area (Å²) in [4.78, 5) is 11.8. The van der Waals surface area contributed by atoms with E-state index in [9.17, 15) is 0 Å². The number of aromatic amines is 1. The van der Waals surface area contributed by atoms with Crippen LogP contribution in [0.4, 0.5) is 23.4 Å². The van der Waals surface area contributed by atoms with Crippen molar-refractivity contribution in [2.45, 2.75) is 45.6 Å². The van der Waals surface area contributed by atoms with Crippen LogP contribution in [0.15, 0.2) is 53.1 Å². The van der Waals surface area contributed by atoms with Crippen LogP contribution in [0.5, 0.6) is 0 Å². The normalized spacial score (nSPS) is 13.2. The van der Waals surface area contributed by atoms with E-state index in [1.54, 1.807) is 0 Å². The van der Waals surface area contributed by atoms with Crippen molar-refractivity contribution < 1.29 is 4.52 Å². The third-order valence-corrected chi connectivity index (χ3v) is 6.50. The summed E-state index contributed by atoms with van der Waals surface area (Å²) in [6, 6.07) is 15.9. The van der Waals surface area contributed by atoms with Gasteiger partial charge in [0, 0.05) is 41.9 Å². The lowest BCUT2D eigenvalue weighted by Gasteiger charge is -2.18. The van der Waals surface area contributed by atoms with Gasteiger partial charge in [-0.15, -0.1) is 0 Å². The summed E-state index contributed by atoms with van der Waals surface area (Å²) >= 11 is 0. The molecule has 4 N–H and O–H groups in total. The minimum Gasteiger partial charge on any atom is -0.370 e. The second-order valence-corrected chi connectivity index (χ2v) is 9.28. The van der Waals surface area contributed by atoms with E-state index in [0.29, 0.717) is 30.0 Å². The van der Waals surface area contributed by atoms with E-state index in [1.807, 2.05) is 42.5 Å². The second-order valence-electron chi connectivity index (χ2n) is 9.28. The molecule has 37 heavy (non-hydrogen) atoms. The number of hydrogen-bond acceptors (Lipinski definition) is 9. The largest absolute Gasteiger partial charge is 0.370 e. The summed E-state index contributed by atoms with van der Waals surface area (Å²) in [6.07, 6.45) is 3.47. The van der Waals surface area contributed by atoms with Crippen molar-refractivity contribution in [2.24, 2.45) is 0 Å². The molecular formula is C27H35N9O. The molecule has 0 amide bonds. The van der Waals surface area contributed by atoms with E-state index in [-0.39, 0.29) is 0 Å². The Morgan fingerprint density at radius 1 is 0.973 bits per heavy atom. The fraction of sp³-hybridized carbons (Fsp3) is 0.407. The van der Waals surface area contributed by atoms with Crippen molar-refractivity contribution in [3.8, 4) is 11.3 Å². The quantitative estimate of drug-likeness (QED) is 0.172. The van der Waals surface area contributed by atoms with Gasteiger partial charge in [-0.05, 0) is 38.9 Å². The summed E-state index contributed by atoms with van der Waals surface area (Å²) in [5, 5.41) is 21.8. The van der Waals surface area contributed by atoms with Crippen LogP contribution in [0.1, 0.15) is 50.5 Å². The van der Waals surface area contributed by atoms with Gasteiger partial charge in [0.05, 0.1) is 6.54 Å². The maximum atomic E-state index is 5.53. The second kappa shape index (κ2) is 11.9. The fourth-order valence-electron chi connectivity index (χ4n) is 4.18. The Kier molecular flexibility index (Phi) is 7.95. The number of nitrogens with one attached hydrogen (secondary N) is 4. The first kappa shape index (κ1) is 24.8. The maximum Gasteiger partial charge on any atom is 0.227 e. The van der Waals surface area contributed by atoms with Gasteiger partial charge in [0.1, 0.15) is 17.3 Å². The topological polar surface area (TPSA) is 120 Å². The molecule has 0 aliphatic heterocycles. The molecule has 5 rings (SSSR count). The molecule has 10 nitrogen and oxygen atoms in total. The maximum absolute atomic E-state index is 5.53. The summed E-state index contributed by atoms with van der Waals surface area (Å²) in [5.74, 6) is 3.97. The van der Waals surface area contributed by atoms with Crippen LogP contribution in [-0.4, -0.2) is 56.4 Å². The molecule has 0 unspecified atom stereocenters. The first-order chi connectivity index (χ1) is 18.2. The molecule has 1 aromatic carbocycles. The van der Waals surface area contributed by atoms with Gasteiger partial charge in [-0.3, -0.25) is 5.10 Å². The molecule has 0 saturated heterocycles. The summed E-state index contributed by atoms with van der Waals surface area (Å²) in [7, 11) is 0. The summed E-state index contributed by atoms with van der Waals surface area (Å²) in [5.41, 5.74) is 2.99. The Morgan fingerprint density at radius 3 is 2.57 bits per heavy atom. The van der Waals surface area contributed by atoms with Crippen LogP contribution in [0, 0.1) is 0 Å². The van der Waals surface area contributed by atoms with E-state index >= 15 is 0 Å². The Bertz CT molecular complexity index is 1260. The highest BCUT2D eigenvalue weighted by atomic mass is 16.5. The predicted molar refractivity (Wildman–Crippen MR) is 146 cm³/mol. The number of aromatic nitrogens is 5. The van der Waals surface area contributed by atoms with Gasteiger partial charge >= 0.3 is 0 Å². The smallest absolute Gasteiger partial charge is 0.227 e. The molecule has 4 aromatic rings. The zero-order chi connectivity index (χ0) is 25.5. The highest BCUT2D eigenvalue weighted by molar-refractivity contribution is 5.60. The monoisotopic (exact) mass is 501 g/mol. The van der Waals surface area contributed by atoms with Crippen molar-refractivity contribution >= 4 is 23.4 Å². The standard InChI is InChI=1S/C27H35N9O/c1-3-36(4-2)14-8-13-28-24-17-25(30-26-16-22(33-34-26)20-11-12-20)32-27(31-24)29-18-21-15-23(35-37-21)19-9-6-5-7-10-19/h5-7,9-10,15-17,20H,3-4,8,11-14,18H2,1-2H3,(H4,28,29,30,31,32,33,34). The third-order valence-electron chi connectivity index (χ3n) is 6.50. The Balaban J connectivity index is 1.26. The summed E-state index contributed by atoms with van der Waals surface area (Å²) < 4.78 is 5.53. The van der Waals surface area contributed by atoms with E-state index in [2.05, 4.69) is 66.1 Å². The Hall–Kier alpha value is -3.92. The molecular weight excluding hydrogens is 466 g/mol. The molecule has 0 atom stereocenters. The first-order valence-electron chi connectivity index (χ1n) is 13.1. The zero-order valence-electron chi connectivity index (χ0n) is 21.5.